The van der Waals surface area contributed by atoms with Gasteiger partial charge in [0.25, 0.3) is 0 Å². The third-order valence-electron chi connectivity index (χ3n) is 3.02. The normalized spacial score (nSPS) is 24.1. The van der Waals surface area contributed by atoms with E-state index in [0.29, 0.717) is 0 Å². The maximum absolute atomic E-state index is 13.1. The first kappa shape index (κ1) is 12.4. The van der Waals surface area contributed by atoms with Crippen molar-refractivity contribution in [1.82, 2.24) is 0 Å². The lowest BCUT2D eigenvalue weighted by atomic mass is 9.85. The molecule has 0 amide bonds. The van der Waals surface area contributed by atoms with Crippen LogP contribution in [-0.4, -0.2) is 6.10 Å². The van der Waals surface area contributed by atoms with Crippen LogP contribution in [0.15, 0.2) is 18.2 Å². The van der Waals surface area contributed by atoms with Crippen molar-refractivity contribution in [3.63, 3.8) is 0 Å². The van der Waals surface area contributed by atoms with E-state index in [9.17, 15) is 4.39 Å². The van der Waals surface area contributed by atoms with E-state index in [2.05, 4.69) is 20.8 Å². The molecule has 2 atom stereocenters. The minimum absolute atomic E-state index is 0.123. The van der Waals surface area contributed by atoms with Gasteiger partial charge in [0.2, 0.25) is 0 Å². The van der Waals surface area contributed by atoms with Crippen molar-refractivity contribution < 1.29 is 9.13 Å². The van der Waals surface area contributed by atoms with Gasteiger partial charge in [-0.05, 0) is 30.0 Å². The summed E-state index contributed by atoms with van der Waals surface area (Å²) in [6.07, 6.45) is 1.84. The lowest BCUT2D eigenvalue weighted by molar-refractivity contribution is 0.112. The zero-order valence-corrected chi connectivity index (χ0v) is 10.7. The van der Waals surface area contributed by atoms with Crippen molar-refractivity contribution in [3.8, 4) is 5.75 Å². The molecule has 2 nitrogen and oxygen atoms in total. The highest BCUT2D eigenvalue weighted by Gasteiger charge is 2.29. The highest BCUT2D eigenvalue weighted by Crippen LogP contribution is 2.37. The Morgan fingerprint density at radius 3 is 2.76 bits per heavy atom. The van der Waals surface area contributed by atoms with Crippen LogP contribution < -0.4 is 10.5 Å². The number of hydrogen-bond donors (Lipinski definition) is 1. The predicted octanol–water partition coefficient (Wildman–Crippen LogP) is 3.41. The van der Waals surface area contributed by atoms with E-state index < -0.39 is 0 Å². The Morgan fingerprint density at radius 1 is 1.41 bits per heavy atom. The topological polar surface area (TPSA) is 35.2 Å². The minimum Gasteiger partial charge on any atom is -0.490 e. The summed E-state index contributed by atoms with van der Waals surface area (Å²) < 4.78 is 19.0. The lowest BCUT2D eigenvalue weighted by Crippen LogP contribution is -2.32. The van der Waals surface area contributed by atoms with Crippen LogP contribution in [0, 0.1) is 11.2 Å². The summed E-state index contributed by atoms with van der Waals surface area (Å²) in [5.74, 6) is 0.483. The molecule has 3 heteroatoms. The molecule has 1 unspecified atom stereocenters. The highest BCUT2D eigenvalue weighted by atomic mass is 19.1. The van der Waals surface area contributed by atoms with Crippen LogP contribution in [-0.2, 0) is 0 Å². The van der Waals surface area contributed by atoms with Gasteiger partial charge in [0.1, 0.15) is 17.7 Å². The van der Waals surface area contributed by atoms with E-state index >= 15 is 0 Å². The van der Waals surface area contributed by atoms with Gasteiger partial charge in [-0.3, -0.25) is 0 Å². The van der Waals surface area contributed by atoms with E-state index in [4.69, 9.17) is 10.5 Å². The van der Waals surface area contributed by atoms with Crippen LogP contribution in [0.25, 0.3) is 0 Å². The maximum Gasteiger partial charge on any atom is 0.124 e. The molecule has 0 aromatic heterocycles. The van der Waals surface area contributed by atoms with Crippen LogP contribution in [0.3, 0.4) is 0 Å². The average Bonchev–Trinajstić information content (AvgIpc) is 2.17. The molecule has 0 saturated heterocycles. The summed E-state index contributed by atoms with van der Waals surface area (Å²) >= 11 is 0. The van der Waals surface area contributed by atoms with E-state index in [-0.39, 0.29) is 23.4 Å². The van der Waals surface area contributed by atoms with Crippen molar-refractivity contribution in [2.45, 2.75) is 45.8 Å². The van der Waals surface area contributed by atoms with Gasteiger partial charge in [0.05, 0.1) is 0 Å². The van der Waals surface area contributed by atoms with Gasteiger partial charge in [-0.2, -0.15) is 0 Å². The Labute approximate surface area is 102 Å². The van der Waals surface area contributed by atoms with Crippen molar-refractivity contribution in [1.29, 1.82) is 0 Å². The summed E-state index contributed by atoms with van der Waals surface area (Å²) in [6.45, 7) is 6.55. The van der Waals surface area contributed by atoms with Gasteiger partial charge >= 0.3 is 0 Å². The molecule has 1 aliphatic rings. The molecule has 0 saturated carbocycles. The summed E-state index contributed by atoms with van der Waals surface area (Å²) in [7, 11) is 0. The van der Waals surface area contributed by atoms with E-state index in [1.54, 1.807) is 6.07 Å². The van der Waals surface area contributed by atoms with Crippen LogP contribution in [0.2, 0.25) is 0 Å². The first-order valence-electron chi connectivity index (χ1n) is 6.07. The number of fused-ring (bicyclic) bond motifs is 1. The molecule has 1 aromatic carbocycles. The van der Waals surface area contributed by atoms with Gasteiger partial charge in [0, 0.05) is 18.0 Å². The zero-order valence-electron chi connectivity index (χ0n) is 10.7. The van der Waals surface area contributed by atoms with Crippen molar-refractivity contribution in [3.05, 3.63) is 29.6 Å². The molecular formula is C14H20FNO. The molecule has 2 rings (SSSR count). The molecule has 0 spiro atoms. The van der Waals surface area contributed by atoms with Gasteiger partial charge < -0.3 is 10.5 Å². The standard InChI is InChI=1S/C14H20FNO/c1-14(2,3)8-10-7-12(16)11-6-9(15)4-5-13(11)17-10/h4-6,10,12H,7-8,16H2,1-3H3/t10?,12-/m1/s1. The fourth-order valence-electron chi connectivity index (χ4n) is 2.36. The second-order valence-electron chi connectivity index (χ2n) is 6.03. The number of hydrogen-bond acceptors (Lipinski definition) is 2. The quantitative estimate of drug-likeness (QED) is 0.812. The lowest BCUT2D eigenvalue weighted by Gasteiger charge is -2.33. The Balaban J connectivity index is 2.19. The molecule has 0 fully saturated rings. The molecule has 1 aliphatic heterocycles. The molecule has 94 valence electrons. The number of benzene rings is 1. The molecule has 0 aliphatic carbocycles. The Bertz CT molecular complexity index is 411. The smallest absolute Gasteiger partial charge is 0.124 e. The molecule has 17 heavy (non-hydrogen) atoms. The van der Waals surface area contributed by atoms with Crippen LogP contribution in [0.4, 0.5) is 4.39 Å². The number of rotatable bonds is 1. The number of halogens is 1. The Hall–Kier alpha value is -1.09. The average molecular weight is 237 g/mol. The fraction of sp³-hybridized carbons (Fsp3) is 0.571. The monoisotopic (exact) mass is 237 g/mol. The predicted molar refractivity (Wildman–Crippen MR) is 66.4 cm³/mol. The van der Waals surface area contributed by atoms with Gasteiger partial charge in [-0.1, -0.05) is 20.8 Å². The molecule has 1 aromatic rings. The molecular weight excluding hydrogens is 217 g/mol. The number of ether oxygens (including phenoxy) is 1. The maximum atomic E-state index is 13.1. The van der Waals surface area contributed by atoms with Crippen molar-refractivity contribution >= 4 is 0 Å². The molecule has 2 N–H and O–H groups in total. The third kappa shape index (κ3) is 2.97. The first-order valence-corrected chi connectivity index (χ1v) is 6.07. The fourth-order valence-corrected chi connectivity index (χ4v) is 2.36. The Kier molecular flexibility index (Phi) is 3.13. The summed E-state index contributed by atoms with van der Waals surface area (Å²) in [5, 5.41) is 0. The molecule has 1 heterocycles. The highest BCUT2D eigenvalue weighted by molar-refractivity contribution is 5.38. The molecule has 0 radical (unpaired) electrons. The summed E-state index contributed by atoms with van der Waals surface area (Å²) in [6, 6.07) is 4.46. The van der Waals surface area contributed by atoms with Gasteiger partial charge in [-0.15, -0.1) is 0 Å². The van der Waals surface area contributed by atoms with E-state index in [1.807, 2.05) is 0 Å². The summed E-state index contributed by atoms with van der Waals surface area (Å²) in [5.41, 5.74) is 7.08. The SMILES string of the molecule is CC(C)(C)CC1C[C@@H](N)c2cc(F)ccc2O1. The van der Waals surface area contributed by atoms with Crippen LogP contribution in [0.1, 0.15) is 45.2 Å². The van der Waals surface area contributed by atoms with Gasteiger partial charge in [0.15, 0.2) is 0 Å². The molecule has 0 bridgehead atoms. The number of nitrogens with two attached hydrogens (primary N) is 1. The zero-order chi connectivity index (χ0) is 12.6. The summed E-state index contributed by atoms with van der Waals surface area (Å²) in [4.78, 5) is 0. The minimum atomic E-state index is -0.253. The third-order valence-corrected chi connectivity index (χ3v) is 3.02. The second kappa shape index (κ2) is 4.30. The van der Waals surface area contributed by atoms with Gasteiger partial charge in [-0.25, -0.2) is 4.39 Å². The van der Waals surface area contributed by atoms with Crippen molar-refractivity contribution in [2.24, 2.45) is 11.1 Å². The van der Waals surface area contributed by atoms with Crippen LogP contribution in [0.5, 0.6) is 5.75 Å². The second-order valence-corrected chi connectivity index (χ2v) is 6.03. The van der Waals surface area contributed by atoms with Crippen LogP contribution >= 0.6 is 0 Å². The first-order chi connectivity index (χ1) is 7.85. The largest absolute Gasteiger partial charge is 0.490 e. The Morgan fingerprint density at radius 2 is 2.12 bits per heavy atom. The van der Waals surface area contributed by atoms with E-state index in [1.165, 1.54) is 12.1 Å². The van der Waals surface area contributed by atoms with E-state index in [0.717, 1.165) is 24.2 Å². The van der Waals surface area contributed by atoms with Crippen molar-refractivity contribution in [2.75, 3.05) is 0 Å².